The molecular formula is C12H22N2. The Morgan fingerprint density at radius 2 is 1.64 bits per heavy atom. The first-order valence-corrected chi connectivity index (χ1v) is 5.47. The molecule has 1 aliphatic rings. The Hall–Kier alpha value is -1.02. The summed E-state index contributed by atoms with van der Waals surface area (Å²) in [7, 11) is 0. The van der Waals surface area contributed by atoms with Crippen molar-refractivity contribution in [3.05, 3.63) is 30.3 Å². The van der Waals surface area contributed by atoms with Gasteiger partial charge in [0.25, 0.3) is 0 Å². The van der Waals surface area contributed by atoms with Crippen LogP contribution in [-0.2, 0) is 0 Å². The van der Waals surface area contributed by atoms with Gasteiger partial charge >= 0.3 is 0 Å². The number of rotatable bonds is 1. The minimum Gasteiger partial charge on any atom is -0.369 e. The lowest BCUT2D eigenvalue weighted by atomic mass is 10.2. The topological polar surface area (TPSA) is 15.3 Å². The number of nitrogens with zero attached hydrogens (tertiary/aromatic N) is 1. The van der Waals surface area contributed by atoms with Gasteiger partial charge in [0.15, 0.2) is 0 Å². The summed E-state index contributed by atoms with van der Waals surface area (Å²) < 4.78 is 0. The Labute approximate surface area is 88.4 Å². The average Bonchev–Trinajstić information content (AvgIpc) is 2.34. The minimum atomic E-state index is 0. The Morgan fingerprint density at radius 3 is 2.21 bits per heavy atom. The fourth-order valence-corrected chi connectivity index (χ4v) is 1.56. The smallest absolute Gasteiger partial charge is 0.0367 e. The van der Waals surface area contributed by atoms with Gasteiger partial charge in [0.2, 0.25) is 0 Å². The molecule has 0 aromatic heterocycles. The van der Waals surface area contributed by atoms with E-state index in [4.69, 9.17) is 0 Å². The second-order valence-corrected chi connectivity index (χ2v) is 3.07. The Balaban J connectivity index is 0.000000617. The fourth-order valence-electron chi connectivity index (χ4n) is 1.56. The highest BCUT2D eigenvalue weighted by molar-refractivity contribution is 5.46. The molecule has 0 bridgehead atoms. The molecule has 0 unspecified atom stereocenters. The zero-order valence-corrected chi connectivity index (χ0v) is 9.16. The Kier molecular flexibility index (Phi) is 5.08. The normalized spacial score (nSPS) is 15.7. The number of anilines is 1. The molecule has 80 valence electrons. The largest absolute Gasteiger partial charge is 0.369 e. The van der Waals surface area contributed by atoms with Crippen molar-refractivity contribution < 1.29 is 1.43 Å². The molecule has 1 N–H and O–H groups in total. The average molecular weight is 194 g/mol. The lowest BCUT2D eigenvalue weighted by Crippen LogP contribution is -2.43. The van der Waals surface area contributed by atoms with Gasteiger partial charge in [0.05, 0.1) is 0 Å². The summed E-state index contributed by atoms with van der Waals surface area (Å²) in [6.07, 6.45) is 0. The van der Waals surface area contributed by atoms with E-state index < -0.39 is 0 Å². The first-order chi connectivity index (χ1) is 6.97. The van der Waals surface area contributed by atoms with Crippen LogP contribution in [0.15, 0.2) is 30.3 Å². The van der Waals surface area contributed by atoms with Crippen LogP contribution in [0.2, 0.25) is 0 Å². The first kappa shape index (κ1) is 11.1. The lowest BCUT2D eigenvalue weighted by molar-refractivity contribution is 0.589. The molecule has 1 heterocycles. The molecule has 2 rings (SSSR count). The minimum absolute atomic E-state index is 0. The first-order valence-electron chi connectivity index (χ1n) is 5.47. The van der Waals surface area contributed by atoms with E-state index in [0.717, 1.165) is 26.2 Å². The zero-order chi connectivity index (χ0) is 10.2. The standard InChI is InChI=1S/C10H14N2.C2H6.H2/c1-2-4-10(5-3-1)12-8-6-11-7-9-12;1-2;/h1-5,11H,6-9H2;1-2H3;1H. The Morgan fingerprint density at radius 1 is 1.07 bits per heavy atom. The predicted octanol–water partition coefficient (Wildman–Crippen LogP) is 2.37. The van der Waals surface area contributed by atoms with Crippen molar-refractivity contribution in [1.29, 1.82) is 0 Å². The molecule has 0 atom stereocenters. The lowest BCUT2D eigenvalue weighted by Gasteiger charge is -2.29. The molecule has 0 radical (unpaired) electrons. The number of benzene rings is 1. The van der Waals surface area contributed by atoms with Crippen molar-refractivity contribution in [2.24, 2.45) is 0 Å². The number of nitrogens with one attached hydrogen (secondary N) is 1. The van der Waals surface area contributed by atoms with Crippen molar-refractivity contribution in [3.8, 4) is 0 Å². The maximum absolute atomic E-state index is 3.34. The van der Waals surface area contributed by atoms with Crippen molar-refractivity contribution in [2.75, 3.05) is 31.1 Å². The van der Waals surface area contributed by atoms with Gasteiger partial charge in [0.1, 0.15) is 0 Å². The van der Waals surface area contributed by atoms with Crippen molar-refractivity contribution in [2.45, 2.75) is 13.8 Å². The van der Waals surface area contributed by atoms with Crippen molar-refractivity contribution in [1.82, 2.24) is 5.32 Å². The van der Waals surface area contributed by atoms with Crippen LogP contribution in [0.1, 0.15) is 15.3 Å². The molecule has 1 aromatic carbocycles. The quantitative estimate of drug-likeness (QED) is 0.738. The third kappa shape index (κ3) is 3.04. The third-order valence-electron chi connectivity index (χ3n) is 2.24. The van der Waals surface area contributed by atoms with Gasteiger partial charge in [-0.2, -0.15) is 0 Å². The monoisotopic (exact) mass is 194 g/mol. The van der Waals surface area contributed by atoms with Crippen LogP contribution >= 0.6 is 0 Å². The van der Waals surface area contributed by atoms with Gasteiger partial charge in [-0.05, 0) is 12.1 Å². The molecule has 1 fully saturated rings. The van der Waals surface area contributed by atoms with Crippen LogP contribution in [0.3, 0.4) is 0 Å². The van der Waals surface area contributed by atoms with E-state index in [0.29, 0.717) is 0 Å². The van der Waals surface area contributed by atoms with Gasteiger partial charge in [-0.15, -0.1) is 0 Å². The van der Waals surface area contributed by atoms with Crippen molar-refractivity contribution in [3.63, 3.8) is 0 Å². The maximum atomic E-state index is 3.34. The summed E-state index contributed by atoms with van der Waals surface area (Å²) >= 11 is 0. The summed E-state index contributed by atoms with van der Waals surface area (Å²) in [5.41, 5.74) is 1.35. The highest BCUT2D eigenvalue weighted by Gasteiger charge is 2.08. The van der Waals surface area contributed by atoms with Crippen LogP contribution in [0.4, 0.5) is 5.69 Å². The molecule has 0 saturated carbocycles. The van der Waals surface area contributed by atoms with Crippen LogP contribution in [0, 0.1) is 0 Å². The van der Waals surface area contributed by atoms with Gasteiger partial charge in [-0.1, -0.05) is 32.0 Å². The van der Waals surface area contributed by atoms with E-state index in [1.807, 2.05) is 13.8 Å². The van der Waals surface area contributed by atoms with E-state index >= 15 is 0 Å². The van der Waals surface area contributed by atoms with Crippen LogP contribution < -0.4 is 10.2 Å². The van der Waals surface area contributed by atoms with Gasteiger partial charge < -0.3 is 10.2 Å². The molecule has 0 spiro atoms. The van der Waals surface area contributed by atoms with Gasteiger partial charge in [-0.3, -0.25) is 0 Å². The molecular weight excluding hydrogens is 172 g/mol. The molecule has 2 heteroatoms. The third-order valence-corrected chi connectivity index (χ3v) is 2.24. The Bertz CT molecular complexity index is 233. The molecule has 0 aliphatic carbocycles. The number of hydrogen-bond acceptors (Lipinski definition) is 2. The zero-order valence-electron chi connectivity index (χ0n) is 9.16. The van der Waals surface area contributed by atoms with E-state index in [1.54, 1.807) is 0 Å². The van der Waals surface area contributed by atoms with E-state index in [2.05, 4.69) is 40.5 Å². The summed E-state index contributed by atoms with van der Waals surface area (Å²) in [6.45, 7) is 8.47. The molecule has 0 amide bonds. The second kappa shape index (κ2) is 6.44. The molecule has 1 aliphatic heterocycles. The van der Waals surface area contributed by atoms with Crippen LogP contribution in [0.25, 0.3) is 0 Å². The highest BCUT2D eigenvalue weighted by Crippen LogP contribution is 2.12. The molecule has 2 nitrogen and oxygen atoms in total. The van der Waals surface area contributed by atoms with Crippen LogP contribution in [0.5, 0.6) is 0 Å². The summed E-state index contributed by atoms with van der Waals surface area (Å²) in [4.78, 5) is 2.41. The van der Waals surface area contributed by atoms with E-state index in [1.165, 1.54) is 5.69 Å². The van der Waals surface area contributed by atoms with Gasteiger partial charge in [-0.25, -0.2) is 0 Å². The maximum Gasteiger partial charge on any atom is 0.0367 e. The summed E-state index contributed by atoms with van der Waals surface area (Å²) in [5, 5.41) is 3.34. The van der Waals surface area contributed by atoms with Crippen LogP contribution in [-0.4, -0.2) is 26.2 Å². The second-order valence-electron chi connectivity index (χ2n) is 3.07. The summed E-state index contributed by atoms with van der Waals surface area (Å²) in [6, 6.07) is 10.6. The number of piperazine rings is 1. The van der Waals surface area contributed by atoms with E-state index in [9.17, 15) is 0 Å². The molecule has 1 aromatic rings. The number of para-hydroxylation sites is 1. The molecule has 14 heavy (non-hydrogen) atoms. The van der Waals surface area contributed by atoms with E-state index in [-0.39, 0.29) is 1.43 Å². The highest BCUT2D eigenvalue weighted by atomic mass is 15.2. The fraction of sp³-hybridized carbons (Fsp3) is 0.500. The summed E-state index contributed by atoms with van der Waals surface area (Å²) in [5.74, 6) is 0. The van der Waals surface area contributed by atoms with Crippen molar-refractivity contribution >= 4 is 5.69 Å². The molecule has 1 saturated heterocycles. The van der Waals surface area contributed by atoms with Gasteiger partial charge in [0, 0.05) is 33.3 Å². The number of hydrogen-bond donors (Lipinski definition) is 1. The SMILES string of the molecule is CC.[HH].c1ccc(N2CCNCC2)cc1. The predicted molar refractivity (Wildman–Crippen MR) is 65.0 cm³/mol.